The van der Waals surface area contributed by atoms with Crippen molar-refractivity contribution in [2.75, 3.05) is 5.32 Å². The summed E-state index contributed by atoms with van der Waals surface area (Å²) in [5.41, 5.74) is 6.73. The molecular weight excluding hydrogens is 266 g/mol. The molecule has 2 amide bonds. The predicted molar refractivity (Wildman–Crippen MR) is 78.8 cm³/mol. The summed E-state index contributed by atoms with van der Waals surface area (Å²) in [6.07, 6.45) is 2.73. The van der Waals surface area contributed by atoms with E-state index >= 15 is 0 Å². The van der Waals surface area contributed by atoms with Crippen molar-refractivity contribution in [1.29, 1.82) is 0 Å². The van der Waals surface area contributed by atoms with Crippen molar-refractivity contribution >= 4 is 23.2 Å². The zero-order chi connectivity index (χ0) is 14.6. The second-order valence-corrected chi connectivity index (χ2v) is 6.23. The Morgan fingerprint density at radius 2 is 1.95 bits per heavy atom. The van der Waals surface area contributed by atoms with Crippen molar-refractivity contribution in [2.45, 2.75) is 26.2 Å². The third-order valence-corrected chi connectivity index (χ3v) is 4.88. The predicted octanol–water partition coefficient (Wildman–Crippen LogP) is 1.68. The summed E-state index contributed by atoms with van der Waals surface area (Å²) < 4.78 is 0. The van der Waals surface area contributed by atoms with E-state index in [1.165, 1.54) is 0 Å². The summed E-state index contributed by atoms with van der Waals surface area (Å²) in [5.74, 6) is 0.474. The number of amides is 2. The van der Waals surface area contributed by atoms with Gasteiger partial charge in [0.2, 0.25) is 11.8 Å². The highest BCUT2D eigenvalue weighted by atomic mass is 16.2. The molecule has 1 fully saturated rings. The van der Waals surface area contributed by atoms with Crippen molar-refractivity contribution in [1.82, 2.24) is 5.43 Å². The zero-order valence-corrected chi connectivity index (χ0v) is 11.8. The highest BCUT2D eigenvalue weighted by Gasteiger charge is 2.43. The highest BCUT2D eigenvalue weighted by Crippen LogP contribution is 2.39. The average Bonchev–Trinajstić information content (AvgIpc) is 2.41. The van der Waals surface area contributed by atoms with Crippen LogP contribution in [-0.4, -0.2) is 17.5 Å². The first-order chi connectivity index (χ1) is 10.1. The Labute approximate surface area is 122 Å². The number of carbonyl (C=O) groups excluding carboxylic acids is 2. The second kappa shape index (κ2) is 4.41. The van der Waals surface area contributed by atoms with Gasteiger partial charge in [0.15, 0.2) is 0 Å². The molecule has 4 rings (SSSR count). The SMILES string of the molecule is CC1Cc2cc(C3=NNC(=O)C4CCC34)ccc2NC1=O. The molecule has 3 atom stereocenters. The van der Waals surface area contributed by atoms with Gasteiger partial charge in [-0.2, -0.15) is 5.10 Å². The van der Waals surface area contributed by atoms with Gasteiger partial charge in [-0.15, -0.1) is 0 Å². The van der Waals surface area contributed by atoms with E-state index < -0.39 is 0 Å². The molecule has 1 aliphatic carbocycles. The minimum absolute atomic E-state index is 0.00259. The van der Waals surface area contributed by atoms with Crippen LogP contribution in [0.3, 0.4) is 0 Å². The van der Waals surface area contributed by atoms with E-state index in [4.69, 9.17) is 0 Å². The van der Waals surface area contributed by atoms with E-state index in [2.05, 4.69) is 21.9 Å². The van der Waals surface area contributed by atoms with Crippen molar-refractivity contribution < 1.29 is 9.59 Å². The van der Waals surface area contributed by atoms with E-state index in [1.54, 1.807) is 0 Å². The van der Waals surface area contributed by atoms with Crippen LogP contribution in [0.2, 0.25) is 0 Å². The maximum Gasteiger partial charge on any atom is 0.243 e. The fourth-order valence-electron chi connectivity index (χ4n) is 3.42. The molecule has 5 nitrogen and oxygen atoms in total. The van der Waals surface area contributed by atoms with Crippen molar-refractivity contribution in [3.05, 3.63) is 29.3 Å². The van der Waals surface area contributed by atoms with Crippen LogP contribution in [0, 0.1) is 17.8 Å². The summed E-state index contributed by atoms with van der Waals surface area (Å²) in [6.45, 7) is 1.94. The van der Waals surface area contributed by atoms with Gasteiger partial charge in [-0.25, -0.2) is 5.43 Å². The van der Waals surface area contributed by atoms with Crippen LogP contribution in [0.25, 0.3) is 0 Å². The number of carbonyl (C=O) groups is 2. The van der Waals surface area contributed by atoms with Crippen LogP contribution >= 0.6 is 0 Å². The summed E-state index contributed by atoms with van der Waals surface area (Å²) in [4.78, 5) is 23.4. The van der Waals surface area contributed by atoms with Crippen molar-refractivity contribution in [2.24, 2.45) is 22.9 Å². The molecule has 0 spiro atoms. The van der Waals surface area contributed by atoms with Gasteiger partial charge in [0, 0.05) is 23.4 Å². The molecule has 5 heteroatoms. The molecule has 1 saturated carbocycles. The van der Waals surface area contributed by atoms with Gasteiger partial charge < -0.3 is 5.32 Å². The largest absolute Gasteiger partial charge is 0.326 e. The number of rotatable bonds is 1. The molecule has 2 aliphatic heterocycles. The third-order valence-electron chi connectivity index (χ3n) is 4.88. The van der Waals surface area contributed by atoms with Crippen molar-refractivity contribution in [3.63, 3.8) is 0 Å². The van der Waals surface area contributed by atoms with E-state index in [-0.39, 0.29) is 29.6 Å². The van der Waals surface area contributed by atoms with Gasteiger partial charge in [0.1, 0.15) is 0 Å². The molecule has 1 aromatic rings. The molecule has 0 saturated heterocycles. The van der Waals surface area contributed by atoms with Gasteiger partial charge in [0.05, 0.1) is 5.71 Å². The topological polar surface area (TPSA) is 70.6 Å². The number of anilines is 1. The molecule has 21 heavy (non-hydrogen) atoms. The monoisotopic (exact) mass is 283 g/mol. The molecule has 2 heterocycles. The first kappa shape index (κ1) is 12.6. The second-order valence-electron chi connectivity index (χ2n) is 6.23. The van der Waals surface area contributed by atoms with Crippen LogP contribution in [0.5, 0.6) is 0 Å². The molecule has 1 aromatic carbocycles. The van der Waals surface area contributed by atoms with Gasteiger partial charge in [0.25, 0.3) is 0 Å². The first-order valence-electron chi connectivity index (χ1n) is 7.45. The Hall–Kier alpha value is -2.17. The minimum atomic E-state index is -0.00259. The fourth-order valence-corrected chi connectivity index (χ4v) is 3.42. The number of hydrogen-bond donors (Lipinski definition) is 2. The summed E-state index contributed by atoms with van der Waals surface area (Å²) in [6, 6.07) is 6.04. The van der Waals surface area contributed by atoms with E-state index in [1.807, 2.05) is 19.1 Å². The van der Waals surface area contributed by atoms with E-state index in [0.717, 1.165) is 41.8 Å². The highest BCUT2D eigenvalue weighted by molar-refractivity contribution is 6.08. The smallest absolute Gasteiger partial charge is 0.243 e. The summed E-state index contributed by atoms with van der Waals surface area (Å²) in [5, 5.41) is 7.21. The lowest BCUT2D eigenvalue weighted by atomic mass is 9.68. The number of benzene rings is 1. The standard InChI is InChI=1S/C16H17N3O2/c1-8-6-10-7-9(2-5-13(10)17-15(8)20)14-11-3-4-12(11)16(21)19-18-14/h2,5,7-8,11-12H,3-4,6H2,1H3,(H,17,20)(H,19,21). The lowest BCUT2D eigenvalue weighted by Gasteiger charge is -2.39. The number of fused-ring (bicyclic) bond motifs is 2. The van der Waals surface area contributed by atoms with E-state index in [0.29, 0.717) is 0 Å². The molecule has 3 unspecified atom stereocenters. The van der Waals surface area contributed by atoms with Crippen LogP contribution in [0.15, 0.2) is 23.3 Å². The average molecular weight is 283 g/mol. The maximum absolute atomic E-state index is 11.7. The van der Waals surface area contributed by atoms with E-state index in [9.17, 15) is 9.59 Å². The summed E-state index contributed by atoms with van der Waals surface area (Å²) >= 11 is 0. The van der Waals surface area contributed by atoms with Crippen LogP contribution in [-0.2, 0) is 16.0 Å². The zero-order valence-electron chi connectivity index (χ0n) is 11.8. The number of hydrazone groups is 1. The minimum Gasteiger partial charge on any atom is -0.326 e. The van der Waals surface area contributed by atoms with Gasteiger partial charge in [-0.3, -0.25) is 9.59 Å². The number of hydrogen-bond acceptors (Lipinski definition) is 3. The Balaban J connectivity index is 1.69. The fraction of sp³-hybridized carbons (Fsp3) is 0.438. The molecule has 2 N–H and O–H groups in total. The Bertz CT molecular complexity index is 680. The van der Waals surface area contributed by atoms with Crippen LogP contribution < -0.4 is 10.7 Å². The maximum atomic E-state index is 11.7. The van der Waals surface area contributed by atoms with Gasteiger partial charge in [-0.1, -0.05) is 13.0 Å². The molecule has 3 aliphatic rings. The molecule has 108 valence electrons. The lowest BCUT2D eigenvalue weighted by molar-refractivity contribution is -0.129. The number of nitrogens with zero attached hydrogens (tertiary/aromatic N) is 1. The molecular formula is C16H17N3O2. The quantitative estimate of drug-likeness (QED) is 0.823. The molecule has 0 aromatic heterocycles. The summed E-state index contributed by atoms with van der Waals surface area (Å²) in [7, 11) is 0. The lowest BCUT2D eigenvalue weighted by Crippen LogP contribution is -2.48. The Kier molecular flexibility index (Phi) is 2.64. The normalized spacial score (nSPS) is 30.3. The third kappa shape index (κ3) is 1.87. The molecule has 0 bridgehead atoms. The Morgan fingerprint density at radius 1 is 1.14 bits per heavy atom. The van der Waals surface area contributed by atoms with Crippen LogP contribution in [0.1, 0.15) is 30.9 Å². The van der Waals surface area contributed by atoms with Crippen LogP contribution in [0.4, 0.5) is 5.69 Å². The molecule has 0 radical (unpaired) electrons. The van der Waals surface area contributed by atoms with Gasteiger partial charge >= 0.3 is 0 Å². The number of nitrogens with one attached hydrogen (secondary N) is 2. The first-order valence-corrected chi connectivity index (χ1v) is 7.45. The van der Waals surface area contributed by atoms with Crippen molar-refractivity contribution in [3.8, 4) is 0 Å². The van der Waals surface area contributed by atoms with Gasteiger partial charge in [-0.05, 0) is 42.5 Å². The Morgan fingerprint density at radius 3 is 2.71 bits per heavy atom.